The second-order valence-corrected chi connectivity index (χ2v) is 7.57. The fourth-order valence-electron chi connectivity index (χ4n) is 2.17. The molecule has 0 bridgehead atoms. The third-order valence-electron chi connectivity index (χ3n) is 3.39. The first-order valence-electron chi connectivity index (χ1n) is 7.70. The molecule has 0 fully saturated rings. The Morgan fingerprint density at radius 2 is 1.86 bits per heavy atom. The van der Waals surface area contributed by atoms with E-state index in [1.54, 1.807) is 0 Å². The molecule has 0 amide bonds. The van der Waals surface area contributed by atoms with Crippen molar-refractivity contribution in [2.24, 2.45) is 0 Å². The molecule has 0 radical (unpaired) electrons. The number of rotatable bonds is 5. The molecule has 2 rings (SSSR count). The quantitative estimate of drug-likeness (QED) is 0.688. The van der Waals surface area contributed by atoms with Gasteiger partial charge in [0.2, 0.25) is 0 Å². The molecule has 0 aliphatic carbocycles. The SMILES string of the molecule is O=C(O)CCC#Cc1cc(Cl)ccc1NS(=O)(=O)c1ccccc1C(F)(F)F. The molecule has 0 aliphatic rings. The van der Waals surface area contributed by atoms with Crippen molar-refractivity contribution in [1.29, 1.82) is 0 Å². The van der Waals surface area contributed by atoms with Crippen molar-refractivity contribution >= 4 is 33.3 Å². The monoisotopic (exact) mass is 431 g/mol. The van der Waals surface area contributed by atoms with Crippen molar-refractivity contribution in [2.45, 2.75) is 23.9 Å². The van der Waals surface area contributed by atoms with Gasteiger partial charge in [-0.05, 0) is 30.3 Å². The first-order chi connectivity index (χ1) is 13.0. The number of anilines is 1. The molecule has 10 heteroatoms. The van der Waals surface area contributed by atoms with Crippen LogP contribution in [0.15, 0.2) is 47.4 Å². The van der Waals surface area contributed by atoms with Crippen molar-refractivity contribution in [3.8, 4) is 11.8 Å². The van der Waals surface area contributed by atoms with Crippen LogP contribution in [-0.4, -0.2) is 19.5 Å². The lowest BCUT2D eigenvalue weighted by atomic mass is 10.2. The fraction of sp³-hybridized carbons (Fsp3) is 0.167. The van der Waals surface area contributed by atoms with Crippen molar-refractivity contribution in [3.63, 3.8) is 0 Å². The zero-order valence-electron chi connectivity index (χ0n) is 14.0. The molecule has 0 atom stereocenters. The van der Waals surface area contributed by atoms with Crippen LogP contribution in [0.25, 0.3) is 0 Å². The molecule has 148 valence electrons. The number of carbonyl (C=O) groups is 1. The van der Waals surface area contributed by atoms with E-state index in [-0.39, 0.29) is 29.1 Å². The molecule has 2 N–H and O–H groups in total. The molecular formula is C18H13ClF3NO4S. The van der Waals surface area contributed by atoms with Gasteiger partial charge in [-0.2, -0.15) is 13.2 Å². The predicted octanol–water partition coefficient (Wildman–Crippen LogP) is 4.38. The summed E-state index contributed by atoms with van der Waals surface area (Å²) in [6, 6.07) is 7.71. The minimum Gasteiger partial charge on any atom is -0.481 e. The Kier molecular flexibility index (Phi) is 6.59. The van der Waals surface area contributed by atoms with Gasteiger partial charge in [0.25, 0.3) is 10.0 Å². The zero-order chi connectivity index (χ0) is 20.9. The standard InChI is InChI=1S/C18H13ClF3NO4S/c19-13-9-10-15(12(11-13)5-1-4-8-17(24)25)23-28(26,27)16-7-3-2-6-14(16)18(20,21)22/h2-3,6-7,9-11,23H,4,8H2,(H,24,25). The summed E-state index contributed by atoms with van der Waals surface area (Å²) < 4.78 is 66.6. The van der Waals surface area contributed by atoms with E-state index in [2.05, 4.69) is 16.6 Å². The van der Waals surface area contributed by atoms with E-state index in [0.29, 0.717) is 6.07 Å². The highest BCUT2D eigenvalue weighted by molar-refractivity contribution is 7.92. The molecule has 0 aromatic heterocycles. The molecule has 28 heavy (non-hydrogen) atoms. The summed E-state index contributed by atoms with van der Waals surface area (Å²) in [5.41, 5.74) is -1.28. The van der Waals surface area contributed by atoms with Crippen molar-refractivity contribution in [3.05, 3.63) is 58.6 Å². The summed E-state index contributed by atoms with van der Waals surface area (Å²) in [5.74, 6) is 4.09. The lowest BCUT2D eigenvalue weighted by molar-refractivity contribution is -0.140. The molecule has 0 aliphatic heterocycles. The minimum atomic E-state index is -4.86. The van der Waals surface area contributed by atoms with Crippen LogP contribution in [0, 0.1) is 11.8 Å². The third-order valence-corrected chi connectivity index (χ3v) is 5.05. The van der Waals surface area contributed by atoms with Gasteiger partial charge < -0.3 is 5.11 Å². The summed E-state index contributed by atoms with van der Waals surface area (Å²) in [4.78, 5) is 9.59. The van der Waals surface area contributed by atoms with Gasteiger partial charge in [0.05, 0.1) is 28.1 Å². The lowest BCUT2D eigenvalue weighted by Crippen LogP contribution is -2.19. The van der Waals surface area contributed by atoms with Gasteiger partial charge in [-0.1, -0.05) is 35.6 Å². The topological polar surface area (TPSA) is 83.5 Å². The Morgan fingerprint density at radius 3 is 2.50 bits per heavy atom. The second kappa shape index (κ2) is 8.54. The fourth-order valence-corrected chi connectivity index (χ4v) is 3.65. The van der Waals surface area contributed by atoms with Gasteiger partial charge in [0.15, 0.2) is 0 Å². The van der Waals surface area contributed by atoms with Gasteiger partial charge in [-0.15, -0.1) is 0 Å². The molecule has 0 spiro atoms. The highest BCUT2D eigenvalue weighted by Gasteiger charge is 2.37. The van der Waals surface area contributed by atoms with Crippen LogP contribution in [0.4, 0.5) is 18.9 Å². The maximum Gasteiger partial charge on any atom is 0.417 e. The van der Waals surface area contributed by atoms with E-state index >= 15 is 0 Å². The number of alkyl halides is 3. The zero-order valence-corrected chi connectivity index (χ0v) is 15.6. The molecule has 0 unspecified atom stereocenters. The van der Waals surface area contributed by atoms with E-state index in [4.69, 9.17) is 16.7 Å². The van der Waals surface area contributed by atoms with Gasteiger partial charge in [0, 0.05) is 11.4 Å². The molecule has 0 heterocycles. The summed E-state index contributed by atoms with van der Waals surface area (Å²) in [6.07, 6.45) is -5.07. The summed E-state index contributed by atoms with van der Waals surface area (Å²) in [6.45, 7) is 0. The van der Waals surface area contributed by atoms with Gasteiger partial charge >= 0.3 is 12.1 Å². The maximum absolute atomic E-state index is 13.1. The number of aliphatic carboxylic acids is 1. The van der Waals surface area contributed by atoms with Gasteiger partial charge in [-0.25, -0.2) is 8.42 Å². The smallest absolute Gasteiger partial charge is 0.417 e. The van der Waals surface area contributed by atoms with Crippen LogP contribution in [0.2, 0.25) is 5.02 Å². The van der Waals surface area contributed by atoms with E-state index < -0.39 is 32.6 Å². The summed E-state index contributed by atoms with van der Waals surface area (Å²) in [5, 5.41) is 8.83. The van der Waals surface area contributed by atoms with Crippen LogP contribution in [0.1, 0.15) is 24.0 Å². The molecular weight excluding hydrogens is 419 g/mol. The minimum absolute atomic E-state index is 0.00490. The van der Waals surface area contributed by atoms with E-state index in [1.807, 2.05) is 0 Å². The molecule has 0 saturated heterocycles. The van der Waals surface area contributed by atoms with Crippen LogP contribution < -0.4 is 4.72 Å². The number of hydrogen-bond acceptors (Lipinski definition) is 3. The number of sulfonamides is 1. The van der Waals surface area contributed by atoms with E-state index in [9.17, 15) is 26.4 Å². The normalized spacial score (nSPS) is 11.4. The van der Waals surface area contributed by atoms with E-state index in [0.717, 1.165) is 12.1 Å². The van der Waals surface area contributed by atoms with Crippen molar-refractivity contribution in [2.75, 3.05) is 4.72 Å². The van der Waals surface area contributed by atoms with Gasteiger partial charge in [-0.3, -0.25) is 9.52 Å². The van der Waals surface area contributed by atoms with E-state index in [1.165, 1.54) is 24.3 Å². The van der Waals surface area contributed by atoms with Gasteiger partial charge in [0.1, 0.15) is 0 Å². The Balaban J connectivity index is 2.42. The molecule has 5 nitrogen and oxygen atoms in total. The summed E-state index contributed by atoms with van der Waals surface area (Å²) >= 11 is 5.87. The second-order valence-electron chi connectivity index (χ2n) is 5.48. The number of hydrogen-bond donors (Lipinski definition) is 2. The number of carboxylic acids is 1. The Morgan fingerprint density at radius 1 is 1.18 bits per heavy atom. The van der Waals surface area contributed by atoms with Crippen LogP contribution in [0.5, 0.6) is 0 Å². The predicted molar refractivity (Wildman–Crippen MR) is 97.5 cm³/mol. The van der Waals surface area contributed by atoms with Crippen LogP contribution in [0.3, 0.4) is 0 Å². The number of carboxylic acid groups (broad SMARTS) is 1. The molecule has 2 aromatic carbocycles. The Bertz CT molecular complexity index is 1060. The summed E-state index contributed by atoms with van der Waals surface area (Å²) in [7, 11) is -4.58. The van der Waals surface area contributed by atoms with Crippen molar-refractivity contribution in [1.82, 2.24) is 0 Å². The first-order valence-corrected chi connectivity index (χ1v) is 9.56. The average molecular weight is 432 g/mol. The Labute approximate surface area is 164 Å². The largest absolute Gasteiger partial charge is 0.481 e. The Hall–Kier alpha value is -2.70. The first kappa shape index (κ1) is 21.6. The average Bonchev–Trinajstić information content (AvgIpc) is 2.60. The number of nitrogens with one attached hydrogen (secondary N) is 1. The highest BCUT2D eigenvalue weighted by Crippen LogP contribution is 2.35. The number of halogens is 4. The number of benzene rings is 2. The molecule has 0 saturated carbocycles. The maximum atomic E-state index is 13.1. The van der Waals surface area contributed by atoms with Crippen LogP contribution in [-0.2, 0) is 21.0 Å². The third kappa shape index (κ3) is 5.65. The van der Waals surface area contributed by atoms with Crippen LogP contribution >= 0.6 is 11.6 Å². The lowest BCUT2D eigenvalue weighted by Gasteiger charge is -2.15. The highest BCUT2D eigenvalue weighted by atomic mass is 35.5. The van der Waals surface area contributed by atoms with Crippen molar-refractivity contribution < 1.29 is 31.5 Å². The molecule has 2 aromatic rings.